The molecule has 96 valence electrons. The second-order valence-corrected chi connectivity index (χ2v) is 4.25. The van der Waals surface area contributed by atoms with Gasteiger partial charge < -0.3 is 15.5 Å². The SMILES string of the molecule is Cl.NC(c1cc2ncccc2o1)C1CCNC1=O. The fraction of sp³-hybridized carbons (Fsp3) is 0.333. The summed E-state index contributed by atoms with van der Waals surface area (Å²) in [4.78, 5) is 15.7. The molecule has 1 aliphatic rings. The van der Waals surface area contributed by atoms with Crippen LogP contribution in [0.2, 0.25) is 0 Å². The van der Waals surface area contributed by atoms with Crippen LogP contribution in [0.3, 0.4) is 0 Å². The molecule has 1 fully saturated rings. The zero-order chi connectivity index (χ0) is 11.8. The van der Waals surface area contributed by atoms with Crippen molar-refractivity contribution in [1.29, 1.82) is 0 Å². The Kier molecular flexibility index (Phi) is 3.54. The number of hydrogen-bond donors (Lipinski definition) is 2. The number of carbonyl (C=O) groups is 1. The third-order valence-corrected chi connectivity index (χ3v) is 3.16. The number of nitrogens with one attached hydrogen (secondary N) is 1. The first kappa shape index (κ1) is 12.9. The third-order valence-electron chi connectivity index (χ3n) is 3.16. The molecule has 18 heavy (non-hydrogen) atoms. The molecule has 1 amide bonds. The van der Waals surface area contributed by atoms with Crippen LogP contribution in [0.15, 0.2) is 28.8 Å². The average molecular weight is 268 g/mol. The number of hydrogen-bond acceptors (Lipinski definition) is 4. The molecule has 2 unspecified atom stereocenters. The van der Waals surface area contributed by atoms with Crippen LogP contribution in [0.25, 0.3) is 11.1 Å². The highest BCUT2D eigenvalue weighted by Crippen LogP contribution is 2.29. The Bertz CT molecular complexity index is 536. The number of rotatable bonds is 2. The molecule has 2 atom stereocenters. The Balaban J connectivity index is 0.00000120. The summed E-state index contributed by atoms with van der Waals surface area (Å²) in [5.74, 6) is 0.433. The van der Waals surface area contributed by atoms with Crippen molar-refractivity contribution in [3.8, 4) is 0 Å². The first-order valence-corrected chi connectivity index (χ1v) is 5.63. The normalized spacial score (nSPS) is 20.5. The summed E-state index contributed by atoms with van der Waals surface area (Å²) >= 11 is 0. The zero-order valence-electron chi connectivity index (χ0n) is 9.63. The summed E-state index contributed by atoms with van der Waals surface area (Å²) in [6.07, 6.45) is 2.46. The summed E-state index contributed by atoms with van der Waals surface area (Å²) in [6, 6.07) is 5.06. The number of aromatic nitrogens is 1. The Morgan fingerprint density at radius 3 is 3.06 bits per heavy atom. The maximum Gasteiger partial charge on any atom is 0.225 e. The van der Waals surface area contributed by atoms with Crippen LogP contribution >= 0.6 is 12.4 Å². The molecule has 2 aromatic heterocycles. The van der Waals surface area contributed by atoms with Crippen molar-refractivity contribution in [2.45, 2.75) is 12.5 Å². The smallest absolute Gasteiger partial charge is 0.225 e. The minimum Gasteiger partial charge on any atom is -0.458 e. The van der Waals surface area contributed by atoms with Gasteiger partial charge in [0.25, 0.3) is 0 Å². The highest BCUT2D eigenvalue weighted by atomic mass is 35.5. The molecule has 0 radical (unpaired) electrons. The molecule has 3 heterocycles. The van der Waals surface area contributed by atoms with E-state index >= 15 is 0 Å². The predicted octanol–water partition coefficient (Wildman–Crippen LogP) is 1.39. The molecule has 3 rings (SSSR count). The lowest BCUT2D eigenvalue weighted by atomic mass is 9.97. The summed E-state index contributed by atoms with van der Waals surface area (Å²) in [7, 11) is 0. The van der Waals surface area contributed by atoms with E-state index in [0.29, 0.717) is 17.9 Å². The van der Waals surface area contributed by atoms with E-state index in [0.717, 1.165) is 11.9 Å². The lowest BCUT2D eigenvalue weighted by Gasteiger charge is -2.13. The lowest BCUT2D eigenvalue weighted by molar-refractivity contribution is -0.123. The maximum atomic E-state index is 11.6. The van der Waals surface area contributed by atoms with Crippen LogP contribution in [0, 0.1) is 5.92 Å². The van der Waals surface area contributed by atoms with Gasteiger partial charge in [0.15, 0.2) is 5.58 Å². The zero-order valence-corrected chi connectivity index (χ0v) is 10.4. The van der Waals surface area contributed by atoms with Crippen molar-refractivity contribution < 1.29 is 9.21 Å². The number of furan rings is 1. The average Bonchev–Trinajstić information content (AvgIpc) is 2.93. The fourth-order valence-corrected chi connectivity index (χ4v) is 2.21. The van der Waals surface area contributed by atoms with Gasteiger partial charge >= 0.3 is 0 Å². The number of halogens is 1. The van der Waals surface area contributed by atoms with Crippen LogP contribution in [-0.4, -0.2) is 17.4 Å². The largest absolute Gasteiger partial charge is 0.458 e. The van der Waals surface area contributed by atoms with E-state index in [4.69, 9.17) is 10.2 Å². The van der Waals surface area contributed by atoms with Crippen LogP contribution in [-0.2, 0) is 4.79 Å². The highest BCUT2D eigenvalue weighted by molar-refractivity contribution is 5.85. The molecule has 0 spiro atoms. The standard InChI is InChI=1S/C12H13N3O2.ClH/c13-11(7-3-5-15-12(7)16)10-6-8-9(17-10)2-1-4-14-8;/h1-2,4,6-7,11H,3,5,13H2,(H,15,16);1H. The second kappa shape index (κ2) is 4.96. The second-order valence-electron chi connectivity index (χ2n) is 4.25. The number of amides is 1. The van der Waals surface area contributed by atoms with Crippen LogP contribution < -0.4 is 11.1 Å². The monoisotopic (exact) mass is 267 g/mol. The lowest BCUT2D eigenvalue weighted by Crippen LogP contribution is -2.28. The van der Waals surface area contributed by atoms with Gasteiger partial charge in [-0.05, 0) is 18.6 Å². The number of nitrogens with two attached hydrogens (primary N) is 1. The third kappa shape index (κ3) is 2.07. The van der Waals surface area contributed by atoms with Gasteiger partial charge in [0.05, 0.1) is 12.0 Å². The van der Waals surface area contributed by atoms with Gasteiger partial charge in [0.1, 0.15) is 11.3 Å². The van der Waals surface area contributed by atoms with E-state index in [2.05, 4.69) is 10.3 Å². The quantitative estimate of drug-likeness (QED) is 0.861. The maximum absolute atomic E-state index is 11.6. The number of pyridine rings is 1. The van der Waals surface area contributed by atoms with Gasteiger partial charge in [-0.15, -0.1) is 12.4 Å². The van der Waals surface area contributed by atoms with E-state index in [-0.39, 0.29) is 24.2 Å². The van der Waals surface area contributed by atoms with E-state index in [1.54, 1.807) is 6.20 Å². The predicted molar refractivity (Wildman–Crippen MR) is 69.3 cm³/mol. The van der Waals surface area contributed by atoms with Crippen molar-refractivity contribution >= 4 is 29.4 Å². The summed E-state index contributed by atoms with van der Waals surface area (Å²) in [5.41, 5.74) is 7.55. The van der Waals surface area contributed by atoms with Crippen molar-refractivity contribution in [2.75, 3.05) is 6.54 Å². The summed E-state index contributed by atoms with van der Waals surface area (Å²) < 4.78 is 5.62. The molecule has 0 aromatic carbocycles. The summed E-state index contributed by atoms with van der Waals surface area (Å²) in [5, 5.41) is 2.78. The van der Waals surface area contributed by atoms with Crippen LogP contribution in [0.1, 0.15) is 18.2 Å². The first-order valence-electron chi connectivity index (χ1n) is 5.63. The van der Waals surface area contributed by atoms with Crippen molar-refractivity contribution in [2.24, 2.45) is 11.7 Å². The van der Waals surface area contributed by atoms with Gasteiger partial charge in [-0.3, -0.25) is 9.78 Å². The van der Waals surface area contributed by atoms with Crippen LogP contribution in [0.4, 0.5) is 0 Å². The molecule has 3 N–H and O–H groups in total. The topological polar surface area (TPSA) is 81.2 Å². The molecule has 1 aliphatic heterocycles. The van der Waals surface area contributed by atoms with E-state index in [1.165, 1.54) is 0 Å². The molecule has 2 aromatic rings. The Morgan fingerprint density at radius 1 is 1.56 bits per heavy atom. The molecule has 1 saturated heterocycles. The Labute approximate surface area is 110 Å². The number of carbonyl (C=O) groups excluding carboxylic acids is 1. The van der Waals surface area contributed by atoms with E-state index < -0.39 is 6.04 Å². The Hall–Kier alpha value is -1.59. The van der Waals surface area contributed by atoms with Gasteiger partial charge in [0.2, 0.25) is 5.91 Å². The minimum atomic E-state index is -0.397. The van der Waals surface area contributed by atoms with Crippen molar-refractivity contribution in [1.82, 2.24) is 10.3 Å². The number of nitrogens with zero attached hydrogens (tertiary/aromatic N) is 1. The molecular formula is C12H14ClN3O2. The van der Waals surface area contributed by atoms with Gasteiger partial charge in [0, 0.05) is 18.8 Å². The van der Waals surface area contributed by atoms with Gasteiger partial charge in [-0.2, -0.15) is 0 Å². The summed E-state index contributed by atoms with van der Waals surface area (Å²) in [6.45, 7) is 0.690. The first-order chi connectivity index (χ1) is 8.25. The van der Waals surface area contributed by atoms with Crippen molar-refractivity contribution in [3.05, 3.63) is 30.2 Å². The van der Waals surface area contributed by atoms with Crippen LogP contribution in [0.5, 0.6) is 0 Å². The van der Waals surface area contributed by atoms with Gasteiger partial charge in [-0.1, -0.05) is 0 Å². The van der Waals surface area contributed by atoms with E-state index in [1.807, 2.05) is 18.2 Å². The molecule has 5 nitrogen and oxygen atoms in total. The fourth-order valence-electron chi connectivity index (χ4n) is 2.21. The number of fused-ring (bicyclic) bond motifs is 1. The highest BCUT2D eigenvalue weighted by Gasteiger charge is 2.32. The van der Waals surface area contributed by atoms with Crippen molar-refractivity contribution in [3.63, 3.8) is 0 Å². The molecule has 0 saturated carbocycles. The molecular weight excluding hydrogens is 254 g/mol. The molecule has 0 bridgehead atoms. The molecule has 0 aliphatic carbocycles. The molecule has 6 heteroatoms. The van der Waals surface area contributed by atoms with E-state index in [9.17, 15) is 4.79 Å². The Morgan fingerprint density at radius 2 is 2.39 bits per heavy atom. The van der Waals surface area contributed by atoms with Gasteiger partial charge in [-0.25, -0.2) is 0 Å². The minimum absolute atomic E-state index is 0.